The fourth-order valence-corrected chi connectivity index (χ4v) is 4.06. The third kappa shape index (κ3) is 4.19. The van der Waals surface area contributed by atoms with Crippen molar-refractivity contribution in [2.75, 3.05) is 27.4 Å². The Bertz CT molecular complexity index is 1000. The van der Waals surface area contributed by atoms with Gasteiger partial charge in [0.15, 0.2) is 11.5 Å². The van der Waals surface area contributed by atoms with E-state index in [1.807, 2.05) is 46.7 Å². The lowest BCUT2D eigenvalue weighted by atomic mass is 10.0. The lowest BCUT2D eigenvalue weighted by Gasteiger charge is -2.20. The Morgan fingerprint density at radius 3 is 2.86 bits per heavy atom. The molecule has 0 radical (unpaired) electrons. The van der Waals surface area contributed by atoms with Gasteiger partial charge in [0.05, 0.1) is 32.9 Å². The molecule has 7 heteroatoms. The van der Waals surface area contributed by atoms with Gasteiger partial charge in [0.1, 0.15) is 6.61 Å². The summed E-state index contributed by atoms with van der Waals surface area (Å²) >= 11 is 1.60. The molecule has 6 nitrogen and oxygen atoms in total. The molecule has 0 fully saturated rings. The maximum atomic E-state index is 12.8. The summed E-state index contributed by atoms with van der Waals surface area (Å²) in [5.74, 6) is 1.95. The molecule has 29 heavy (non-hydrogen) atoms. The van der Waals surface area contributed by atoms with Crippen molar-refractivity contribution in [3.05, 3.63) is 58.3 Å². The number of methoxy groups -OCH3 is 2. The van der Waals surface area contributed by atoms with Crippen molar-refractivity contribution in [3.8, 4) is 28.6 Å². The van der Waals surface area contributed by atoms with Gasteiger partial charge >= 0.3 is 0 Å². The number of carbonyl (C=O) groups excluding carboxylic acids is 1. The number of carbonyl (C=O) groups is 1. The highest BCUT2D eigenvalue weighted by atomic mass is 32.1. The van der Waals surface area contributed by atoms with E-state index in [2.05, 4.69) is 4.98 Å². The summed E-state index contributed by atoms with van der Waals surface area (Å²) in [4.78, 5) is 20.3. The second-order valence-electron chi connectivity index (χ2n) is 6.65. The van der Waals surface area contributed by atoms with Gasteiger partial charge in [0.25, 0.3) is 0 Å². The van der Waals surface area contributed by atoms with Gasteiger partial charge in [-0.3, -0.25) is 4.79 Å². The first-order valence-corrected chi connectivity index (χ1v) is 10.2. The minimum atomic E-state index is 0.0905. The van der Waals surface area contributed by atoms with Crippen molar-refractivity contribution in [1.82, 2.24) is 9.88 Å². The smallest absolute Gasteiger partial charge is 0.228 e. The Kier molecular flexibility index (Phi) is 5.67. The Morgan fingerprint density at radius 2 is 2.10 bits per heavy atom. The van der Waals surface area contributed by atoms with E-state index in [4.69, 9.17) is 14.2 Å². The number of aromatic nitrogens is 1. The molecule has 0 N–H and O–H groups in total. The van der Waals surface area contributed by atoms with Crippen LogP contribution in [0.25, 0.3) is 11.3 Å². The minimum Gasteiger partial charge on any atom is -0.493 e. The molecule has 0 spiro atoms. The second-order valence-corrected chi connectivity index (χ2v) is 7.68. The van der Waals surface area contributed by atoms with Crippen molar-refractivity contribution in [2.45, 2.75) is 13.0 Å². The molecular weight excluding hydrogens is 388 g/mol. The number of hydrogen-bond donors (Lipinski definition) is 0. The molecule has 2 aromatic heterocycles. The number of hydrogen-bond acceptors (Lipinski definition) is 6. The van der Waals surface area contributed by atoms with Crippen LogP contribution in [-0.2, 0) is 17.8 Å². The van der Waals surface area contributed by atoms with Gasteiger partial charge in [-0.1, -0.05) is 12.1 Å². The summed E-state index contributed by atoms with van der Waals surface area (Å²) in [7, 11) is 3.21. The quantitative estimate of drug-likeness (QED) is 0.640. The summed E-state index contributed by atoms with van der Waals surface area (Å²) in [6.45, 7) is 1.43. The van der Waals surface area contributed by atoms with E-state index < -0.39 is 0 Å². The average molecular weight is 410 g/mol. The summed E-state index contributed by atoms with van der Waals surface area (Å²) in [6.07, 6.45) is 0.404. The van der Waals surface area contributed by atoms with Gasteiger partial charge in [-0.25, -0.2) is 4.98 Å². The van der Waals surface area contributed by atoms with Crippen molar-refractivity contribution in [2.24, 2.45) is 0 Å². The molecule has 4 rings (SSSR count). The first-order valence-electron chi connectivity index (χ1n) is 9.33. The van der Waals surface area contributed by atoms with Crippen LogP contribution in [0.4, 0.5) is 0 Å². The van der Waals surface area contributed by atoms with E-state index in [1.54, 1.807) is 31.6 Å². The van der Waals surface area contributed by atoms with Crippen LogP contribution < -0.4 is 14.2 Å². The summed E-state index contributed by atoms with van der Waals surface area (Å²) < 4.78 is 16.8. The van der Waals surface area contributed by atoms with Gasteiger partial charge in [-0.05, 0) is 29.6 Å². The zero-order valence-corrected chi connectivity index (χ0v) is 17.2. The van der Waals surface area contributed by atoms with Crippen LogP contribution in [0.15, 0.2) is 47.8 Å². The van der Waals surface area contributed by atoms with Crippen molar-refractivity contribution in [1.29, 1.82) is 0 Å². The van der Waals surface area contributed by atoms with Gasteiger partial charge in [0.2, 0.25) is 11.8 Å². The van der Waals surface area contributed by atoms with E-state index in [1.165, 1.54) is 0 Å². The van der Waals surface area contributed by atoms with Crippen molar-refractivity contribution >= 4 is 17.2 Å². The number of nitrogens with zero attached hydrogens (tertiary/aromatic N) is 2. The SMILES string of the molecule is COc1cccc(-c2cc3c(c(OC)c2)OCCN(C(=O)Cc2cccs2)C3)n1. The van der Waals surface area contributed by atoms with Crippen LogP contribution in [0.5, 0.6) is 17.4 Å². The minimum absolute atomic E-state index is 0.0905. The summed E-state index contributed by atoms with van der Waals surface area (Å²) in [5.41, 5.74) is 2.56. The zero-order valence-electron chi connectivity index (χ0n) is 16.4. The second kappa shape index (κ2) is 8.53. The van der Waals surface area contributed by atoms with Gasteiger partial charge in [-0.15, -0.1) is 11.3 Å². The number of fused-ring (bicyclic) bond motifs is 1. The third-order valence-corrected chi connectivity index (χ3v) is 5.68. The first-order chi connectivity index (χ1) is 14.2. The Labute approximate surface area is 173 Å². The highest BCUT2D eigenvalue weighted by Crippen LogP contribution is 2.38. The number of benzene rings is 1. The molecule has 1 aliphatic heterocycles. The Balaban J connectivity index is 1.66. The maximum Gasteiger partial charge on any atom is 0.228 e. The molecule has 0 atom stereocenters. The van der Waals surface area contributed by atoms with Crippen LogP contribution in [-0.4, -0.2) is 43.2 Å². The van der Waals surface area contributed by atoms with Crippen LogP contribution in [0.1, 0.15) is 10.4 Å². The largest absolute Gasteiger partial charge is 0.493 e. The van der Waals surface area contributed by atoms with E-state index in [0.29, 0.717) is 43.5 Å². The number of rotatable bonds is 5. The lowest BCUT2D eigenvalue weighted by molar-refractivity contribution is -0.131. The number of ether oxygens (including phenoxy) is 3. The topological polar surface area (TPSA) is 60.9 Å². The Hall–Kier alpha value is -3.06. The van der Waals surface area contributed by atoms with Crippen LogP contribution >= 0.6 is 11.3 Å². The molecule has 0 aliphatic carbocycles. The normalized spacial score (nSPS) is 13.2. The molecule has 0 saturated carbocycles. The fraction of sp³-hybridized carbons (Fsp3) is 0.273. The van der Waals surface area contributed by atoms with E-state index in [-0.39, 0.29) is 5.91 Å². The molecule has 1 aromatic carbocycles. The molecule has 1 aliphatic rings. The predicted octanol–water partition coefficient (Wildman–Crippen LogP) is 3.79. The first kappa shape index (κ1) is 19.3. The molecular formula is C22H22N2O4S. The third-order valence-electron chi connectivity index (χ3n) is 4.81. The fourth-order valence-electron chi connectivity index (χ4n) is 3.36. The van der Waals surface area contributed by atoms with Crippen LogP contribution in [0.3, 0.4) is 0 Å². The van der Waals surface area contributed by atoms with Crippen molar-refractivity contribution in [3.63, 3.8) is 0 Å². The summed E-state index contributed by atoms with van der Waals surface area (Å²) in [6, 6.07) is 13.5. The van der Waals surface area contributed by atoms with E-state index in [0.717, 1.165) is 21.7 Å². The van der Waals surface area contributed by atoms with Gasteiger partial charge < -0.3 is 19.1 Å². The molecule has 0 bridgehead atoms. The van der Waals surface area contributed by atoms with Crippen LogP contribution in [0, 0.1) is 0 Å². The van der Waals surface area contributed by atoms with Gasteiger partial charge in [0, 0.05) is 28.6 Å². The summed E-state index contributed by atoms with van der Waals surface area (Å²) in [5, 5.41) is 1.99. The van der Waals surface area contributed by atoms with Gasteiger partial charge in [-0.2, -0.15) is 0 Å². The lowest BCUT2D eigenvalue weighted by Crippen LogP contribution is -2.33. The van der Waals surface area contributed by atoms with E-state index in [9.17, 15) is 4.79 Å². The standard InChI is InChI=1S/C22H22N2O4S/c1-26-19-12-15(18-6-3-7-20(23-18)27-2)11-16-14-24(8-9-28-22(16)19)21(25)13-17-5-4-10-29-17/h3-7,10-12H,8-9,13-14H2,1-2H3. The predicted molar refractivity (Wildman–Crippen MR) is 112 cm³/mol. The van der Waals surface area contributed by atoms with Crippen molar-refractivity contribution < 1.29 is 19.0 Å². The molecule has 1 amide bonds. The number of thiophene rings is 1. The monoisotopic (exact) mass is 410 g/mol. The Morgan fingerprint density at radius 1 is 1.21 bits per heavy atom. The molecule has 3 aromatic rings. The molecule has 150 valence electrons. The highest BCUT2D eigenvalue weighted by molar-refractivity contribution is 7.10. The molecule has 3 heterocycles. The molecule has 0 saturated heterocycles. The zero-order chi connectivity index (χ0) is 20.2. The van der Waals surface area contributed by atoms with E-state index >= 15 is 0 Å². The number of pyridine rings is 1. The van der Waals surface area contributed by atoms with Crippen LogP contribution in [0.2, 0.25) is 0 Å². The number of amides is 1. The molecule has 0 unspecified atom stereocenters. The highest BCUT2D eigenvalue weighted by Gasteiger charge is 2.24. The maximum absolute atomic E-state index is 12.8. The average Bonchev–Trinajstić information content (AvgIpc) is 3.16.